The maximum atomic E-state index is 12.2. The third-order valence-corrected chi connectivity index (χ3v) is 4.19. The third-order valence-electron chi connectivity index (χ3n) is 4.19. The lowest BCUT2D eigenvalue weighted by molar-refractivity contribution is 0.0927. The molecule has 6 nitrogen and oxygen atoms in total. The minimum absolute atomic E-state index is 0.0198. The molecule has 0 aliphatic heterocycles. The van der Waals surface area contributed by atoms with Crippen molar-refractivity contribution in [1.82, 2.24) is 15.1 Å². The Morgan fingerprint density at radius 2 is 2.00 bits per heavy atom. The first-order valence-electron chi connectivity index (χ1n) is 8.25. The zero-order chi connectivity index (χ0) is 17.8. The van der Waals surface area contributed by atoms with Crippen LogP contribution in [0.2, 0.25) is 0 Å². The van der Waals surface area contributed by atoms with Gasteiger partial charge < -0.3 is 9.84 Å². The quantitative estimate of drug-likeness (QED) is 0.683. The molecule has 0 aliphatic rings. The first-order valence-corrected chi connectivity index (χ1v) is 8.25. The molecule has 0 saturated heterocycles. The standard InChI is InChI=1S/C19H20N4O2/c1-4-12(2)16(24)13-7-9-14(10-8-13)19-22-18(23-25-19)15-6-5-11-21-17(15)20-3/h5-12H,4H2,1-3H3,(H,20,21). The highest BCUT2D eigenvalue weighted by Crippen LogP contribution is 2.26. The van der Waals surface area contributed by atoms with E-state index in [0.717, 1.165) is 17.5 Å². The molecule has 0 radical (unpaired) electrons. The van der Waals surface area contributed by atoms with Gasteiger partial charge in [0.1, 0.15) is 5.82 Å². The van der Waals surface area contributed by atoms with Crippen molar-refractivity contribution in [3.63, 3.8) is 0 Å². The Balaban J connectivity index is 1.86. The number of ketones is 1. The van der Waals surface area contributed by atoms with Crippen LogP contribution in [-0.4, -0.2) is 28.0 Å². The summed E-state index contributed by atoms with van der Waals surface area (Å²) in [6, 6.07) is 11.0. The molecule has 3 rings (SSSR count). The van der Waals surface area contributed by atoms with E-state index < -0.39 is 0 Å². The van der Waals surface area contributed by atoms with E-state index in [-0.39, 0.29) is 11.7 Å². The van der Waals surface area contributed by atoms with E-state index in [1.54, 1.807) is 25.4 Å². The SMILES string of the molecule is CCC(C)C(=O)c1ccc(-c2nc(-c3cccnc3NC)no2)cc1. The van der Waals surface area contributed by atoms with E-state index in [0.29, 0.717) is 23.1 Å². The average Bonchev–Trinajstić information content (AvgIpc) is 3.16. The van der Waals surface area contributed by atoms with Gasteiger partial charge in [-0.3, -0.25) is 4.79 Å². The summed E-state index contributed by atoms with van der Waals surface area (Å²) in [5, 5.41) is 7.05. The molecule has 0 aliphatic carbocycles. The van der Waals surface area contributed by atoms with Gasteiger partial charge in [-0.1, -0.05) is 31.1 Å². The lowest BCUT2D eigenvalue weighted by Crippen LogP contribution is -2.09. The fourth-order valence-corrected chi connectivity index (χ4v) is 2.48. The van der Waals surface area contributed by atoms with Gasteiger partial charge in [0, 0.05) is 30.3 Å². The highest BCUT2D eigenvalue weighted by Gasteiger charge is 2.16. The second kappa shape index (κ2) is 7.25. The molecular formula is C19H20N4O2. The number of pyridine rings is 1. The Bertz CT molecular complexity index is 871. The maximum Gasteiger partial charge on any atom is 0.258 e. The molecule has 0 fully saturated rings. The Labute approximate surface area is 146 Å². The van der Waals surface area contributed by atoms with E-state index in [4.69, 9.17) is 4.52 Å². The van der Waals surface area contributed by atoms with Gasteiger partial charge in [-0.05, 0) is 30.7 Å². The molecule has 3 aromatic rings. The molecule has 0 saturated carbocycles. The molecule has 0 spiro atoms. The number of rotatable bonds is 6. The zero-order valence-electron chi connectivity index (χ0n) is 14.5. The largest absolute Gasteiger partial charge is 0.373 e. The molecule has 0 amide bonds. The van der Waals surface area contributed by atoms with Gasteiger partial charge in [0.05, 0.1) is 5.56 Å². The first-order chi connectivity index (χ1) is 12.1. The van der Waals surface area contributed by atoms with Crippen molar-refractivity contribution in [1.29, 1.82) is 0 Å². The molecule has 25 heavy (non-hydrogen) atoms. The van der Waals surface area contributed by atoms with Crippen molar-refractivity contribution in [2.75, 3.05) is 12.4 Å². The van der Waals surface area contributed by atoms with E-state index in [1.807, 2.05) is 38.1 Å². The van der Waals surface area contributed by atoms with Crippen molar-refractivity contribution in [3.8, 4) is 22.8 Å². The first kappa shape index (κ1) is 16.8. The van der Waals surface area contributed by atoms with Crippen LogP contribution in [-0.2, 0) is 0 Å². The van der Waals surface area contributed by atoms with Gasteiger partial charge in [0.15, 0.2) is 5.78 Å². The summed E-state index contributed by atoms with van der Waals surface area (Å²) in [4.78, 5) is 20.9. The van der Waals surface area contributed by atoms with Gasteiger partial charge in [0.25, 0.3) is 5.89 Å². The second-order valence-electron chi connectivity index (χ2n) is 5.82. The maximum absolute atomic E-state index is 12.2. The number of carbonyl (C=O) groups excluding carboxylic acids is 1. The number of hydrogen-bond acceptors (Lipinski definition) is 6. The third kappa shape index (κ3) is 3.42. The molecule has 6 heteroatoms. The fourth-order valence-electron chi connectivity index (χ4n) is 2.48. The number of carbonyl (C=O) groups is 1. The van der Waals surface area contributed by atoms with Crippen molar-refractivity contribution in [2.24, 2.45) is 5.92 Å². The molecule has 1 aromatic carbocycles. The van der Waals surface area contributed by atoms with Crippen LogP contribution in [0.3, 0.4) is 0 Å². The summed E-state index contributed by atoms with van der Waals surface area (Å²) in [6.45, 7) is 3.95. The van der Waals surface area contributed by atoms with E-state index in [2.05, 4.69) is 20.4 Å². The summed E-state index contributed by atoms with van der Waals surface area (Å²) < 4.78 is 5.37. The fraction of sp³-hybridized carbons (Fsp3) is 0.263. The number of nitrogens with zero attached hydrogens (tertiary/aromatic N) is 3. The van der Waals surface area contributed by atoms with Crippen LogP contribution in [0.4, 0.5) is 5.82 Å². The van der Waals surface area contributed by atoms with Crippen LogP contribution < -0.4 is 5.32 Å². The van der Waals surface area contributed by atoms with Crippen LogP contribution in [0.1, 0.15) is 30.6 Å². The van der Waals surface area contributed by atoms with Gasteiger partial charge in [-0.15, -0.1) is 0 Å². The summed E-state index contributed by atoms with van der Waals surface area (Å²) in [6.07, 6.45) is 2.52. The number of benzene rings is 1. The van der Waals surface area contributed by atoms with Crippen LogP contribution in [0, 0.1) is 5.92 Å². The highest BCUT2D eigenvalue weighted by molar-refractivity contribution is 5.97. The van der Waals surface area contributed by atoms with E-state index in [1.165, 1.54) is 0 Å². The Morgan fingerprint density at radius 3 is 2.68 bits per heavy atom. The minimum Gasteiger partial charge on any atom is -0.373 e. The van der Waals surface area contributed by atoms with Crippen LogP contribution in [0.15, 0.2) is 47.1 Å². The number of hydrogen-bond donors (Lipinski definition) is 1. The number of anilines is 1. The van der Waals surface area contributed by atoms with Gasteiger partial charge in [-0.25, -0.2) is 4.98 Å². The molecule has 2 aromatic heterocycles. The lowest BCUT2D eigenvalue weighted by atomic mass is 9.96. The topological polar surface area (TPSA) is 80.9 Å². The molecule has 0 bridgehead atoms. The monoisotopic (exact) mass is 336 g/mol. The smallest absolute Gasteiger partial charge is 0.258 e. The Kier molecular flexibility index (Phi) is 4.88. The van der Waals surface area contributed by atoms with E-state index >= 15 is 0 Å². The van der Waals surface area contributed by atoms with Crippen LogP contribution >= 0.6 is 0 Å². The van der Waals surface area contributed by atoms with Crippen molar-refractivity contribution in [2.45, 2.75) is 20.3 Å². The van der Waals surface area contributed by atoms with Gasteiger partial charge in [-0.2, -0.15) is 4.98 Å². The Morgan fingerprint density at radius 1 is 1.24 bits per heavy atom. The summed E-state index contributed by atoms with van der Waals surface area (Å²) in [5.41, 5.74) is 2.24. The summed E-state index contributed by atoms with van der Waals surface area (Å²) in [5.74, 6) is 1.72. The number of aromatic nitrogens is 3. The molecular weight excluding hydrogens is 316 g/mol. The van der Waals surface area contributed by atoms with E-state index in [9.17, 15) is 4.79 Å². The zero-order valence-corrected chi connectivity index (χ0v) is 14.5. The predicted molar refractivity (Wildman–Crippen MR) is 96.3 cm³/mol. The highest BCUT2D eigenvalue weighted by atomic mass is 16.5. The predicted octanol–water partition coefficient (Wildman–Crippen LogP) is 4.07. The molecule has 128 valence electrons. The molecule has 1 atom stereocenters. The van der Waals surface area contributed by atoms with Crippen LogP contribution in [0.5, 0.6) is 0 Å². The number of nitrogens with one attached hydrogen (secondary N) is 1. The lowest BCUT2D eigenvalue weighted by Gasteiger charge is -2.07. The minimum atomic E-state index is 0.0198. The average molecular weight is 336 g/mol. The second-order valence-corrected chi connectivity index (χ2v) is 5.82. The van der Waals surface area contributed by atoms with Crippen molar-refractivity contribution < 1.29 is 9.32 Å². The number of Topliss-reactive ketones (excluding diaryl/α,β-unsaturated/α-hetero) is 1. The van der Waals surface area contributed by atoms with Gasteiger partial charge in [0.2, 0.25) is 5.82 Å². The Hall–Kier alpha value is -3.02. The summed E-state index contributed by atoms with van der Waals surface area (Å²) >= 11 is 0. The van der Waals surface area contributed by atoms with Crippen LogP contribution in [0.25, 0.3) is 22.8 Å². The summed E-state index contributed by atoms with van der Waals surface area (Å²) in [7, 11) is 1.79. The molecule has 2 heterocycles. The normalized spacial score (nSPS) is 12.0. The van der Waals surface area contributed by atoms with Crippen molar-refractivity contribution in [3.05, 3.63) is 48.2 Å². The van der Waals surface area contributed by atoms with Gasteiger partial charge >= 0.3 is 0 Å². The molecule has 1 N–H and O–H groups in total. The van der Waals surface area contributed by atoms with Crippen molar-refractivity contribution >= 4 is 11.6 Å². The molecule has 1 unspecified atom stereocenters.